The molecule has 0 saturated heterocycles. The van der Waals surface area contributed by atoms with Crippen LogP contribution < -0.4 is 5.32 Å². The lowest BCUT2D eigenvalue weighted by Crippen LogP contribution is -2.15. The first kappa shape index (κ1) is 13.3. The second kappa shape index (κ2) is 6.75. The van der Waals surface area contributed by atoms with E-state index in [4.69, 9.17) is 0 Å². The third kappa shape index (κ3) is 4.32. The van der Waals surface area contributed by atoms with Gasteiger partial charge in [0.2, 0.25) is 0 Å². The first-order chi connectivity index (χ1) is 8.15. The van der Waals surface area contributed by atoms with Gasteiger partial charge in [-0.15, -0.1) is 0 Å². The van der Waals surface area contributed by atoms with Gasteiger partial charge in [-0.25, -0.2) is 4.39 Å². The summed E-state index contributed by atoms with van der Waals surface area (Å²) in [6, 6.07) is 3.49. The number of hydrogen-bond acceptors (Lipinski definition) is 3. The van der Waals surface area contributed by atoms with Gasteiger partial charge in [0, 0.05) is 18.2 Å². The van der Waals surface area contributed by atoms with Crippen LogP contribution in [-0.2, 0) is 6.54 Å². The number of nitro benzene ring substituents is 1. The molecule has 0 aliphatic heterocycles. The lowest BCUT2D eigenvalue weighted by Gasteiger charge is -2.04. The number of nitrogens with zero attached hydrogens (tertiary/aromatic N) is 1. The molecule has 0 atom stereocenters. The Bertz CT molecular complexity index is 419. The predicted octanol–water partition coefficient (Wildman–Crippen LogP) is 2.79. The molecular weight excluding hydrogens is 223 g/mol. The van der Waals surface area contributed by atoms with Crippen LogP contribution in [0.15, 0.2) is 30.4 Å². The molecule has 0 unspecified atom stereocenters. The van der Waals surface area contributed by atoms with Crippen molar-refractivity contribution < 1.29 is 9.31 Å². The minimum atomic E-state index is -0.498. The van der Waals surface area contributed by atoms with Crippen LogP contribution in [0, 0.1) is 15.9 Å². The molecule has 0 amide bonds. The van der Waals surface area contributed by atoms with Gasteiger partial charge in [-0.3, -0.25) is 10.1 Å². The van der Waals surface area contributed by atoms with Crippen LogP contribution in [0.1, 0.15) is 18.9 Å². The van der Waals surface area contributed by atoms with E-state index >= 15 is 0 Å². The maximum absolute atomic E-state index is 13.0. The van der Waals surface area contributed by atoms with E-state index in [1.54, 1.807) is 0 Å². The smallest absolute Gasteiger partial charge is 0.274 e. The molecule has 0 aliphatic carbocycles. The Balaban J connectivity index is 2.62. The normalized spacial score (nSPS) is 10.9. The number of rotatable bonds is 6. The van der Waals surface area contributed by atoms with E-state index in [-0.39, 0.29) is 5.69 Å². The van der Waals surface area contributed by atoms with Crippen molar-refractivity contribution >= 4 is 5.69 Å². The van der Waals surface area contributed by atoms with E-state index in [1.165, 1.54) is 12.1 Å². The second-order valence-corrected chi connectivity index (χ2v) is 3.56. The van der Waals surface area contributed by atoms with Gasteiger partial charge in [0.15, 0.2) is 0 Å². The fourth-order valence-corrected chi connectivity index (χ4v) is 1.45. The number of hydrogen-bond donors (Lipinski definition) is 1. The van der Waals surface area contributed by atoms with Gasteiger partial charge >= 0.3 is 0 Å². The fourth-order valence-electron chi connectivity index (χ4n) is 1.45. The molecule has 0 bridgehead atoms. The summed E-state index contributed by atoms with van der Waals surface area (Å²) in [5, 5.41) is 13.7. The summed E-state index contributed by atoms with van der Waals surface area (Å²) in [4.78, 5) is 10.2. The average molecular weight is 238 g/mol. The van der Waals surface area contributed by atoms with Crippen molar-refractivity contribution in [3.05, 3.63) is 51.8 Å². The lowest BCUT2D eigenvalue weighted by atomic mass is 10.1. The number of halogens is 1. The Morgan fingerprint density at radius 1 is 1.53 bits per heavy atom. The summed E-state index contributed by atoms with van der Waals surface area (Å²) in [5.74, 6) is -0.458. The van der Waals surface area contributed by atoms with Crippen molar-refractivity contribution in [1.82, 2.24) is 5.32 Å². The molecule has 1 rings (SSSR count). The van der Waals surface area contributed by atoms with E-state index in [0.29, 0.717) is 18.7 Å². The van der Waals surface area contributed by atoms with Crippen molar-refractivity contribution in [3.8, 4) is 0 Å². The fraction of sp³-hybridized carbons (Fsp3) is 0.333. The molecule has 0 heterocycles. The van der Waals surface area contributed by atoms with Crippen LogP contribution in [0.5, 0.6) is 0 Å². The van der Waals surface area contributed by atoms with E-state index in [2.05, 4.69) is 5.32 Å². The highest BCUT2D eigenvalue weighted by Crippen LogP contribution is 2.19. The second-order valence-electron chi connectivity index (χ2n) is 3.56. The van der Waals surface area contributed by atoms with E-state index in [1.807, 2.05) is 19.1 Å². The van der Waals surface area contributed by atoms with Crippen molar-refractivity contribution in [2.24, 2.45) is 0 Å². The van der Waals surface area contributed by atoms with Gasteiger partial charge in [-0.1, -0.05) is 12.2 Å². The summed E-state index contributed by atoms with van der Waals surface area (Å²) in [6.07, 6.45) is 4.78. The zero-order chi connectivity index (χ0) is 12.7. The van der Waals surface area contributed by atoms with Crippen LogP contribution in [0.25, 0.3) is 0 Å². The van der Waals surface area contributed by atoms with Crippen molar-refractivity contribution in [2.75, 3.05) is 6.54 Å². The Hall–Kier alpha value is -1.75. The Labute approximate surface area is 99.3 Å². The number of allylic oxidation sites excluding steroid dienone is 1. The van der Waals surface area contributed by atoms with Crippen LogP contribution >= 0.6 is 0 Å². The Morgan fingerprint density at radius 2 is 2.29 bits per heavy atom. The molecule has 0 aliphatic rings. The van der Waals surface area contributed by atoms with E-state index in [0.717, 1.165) is 12.5 Å². The molecule has 1 aromatic rings. The van der Waals surface area contributed by atoms with E-state index < -0.39 is 10.7 Å². The molecule has 0 spiro atoms. The third-order valence-electron chi connectivity index (χ3n) is 2.28. The maximum Gasteiger partial charge on any atom is 0.274 e. The quantitative estimate of drug-likeness (QED) is 0.359. The van der Waals surface area contributed by atoms with Gasteiger partial charge in [0.25, 0.3) is 5.69 Å². The SMILES string of the molecule is C/C=C/CCNCc1cc(F)ccc1[N+](=O)[O-]. The van der Waals surface area contributed by atoms with Gasteiger partial charge in [0.05, 0.1) is 4.92 Å². The van der Waals surface area contributed by atoms with Crippen LogP contribution in [0.4, 0.5) is 10.1 Å². The number of nitrogens with one attached hydrogen (secondary N) is 1. The first-order valence-electron chi connectivity index (χ1n) is 5.40. The largest absolute Gasteiger partial charge is 0.312 e. The van der Waals surface area contributed by atoms with Crippen LogP contribution in [0.3, 0.4) is 0 Å². The minimum absolute atomic E-state index is 0.0510. The van der Waals surface area contributed by atoms with Crippen molar-refractivity contribution in [2.45, 2.75) is 19.9 Å². The van der Waals surface area contributed by atoms with Crippen molar-refractivity contribution in [1.29, 1.82) is 0 Å². The molecule has 17 heavy (non-hydrogen) atoms. The number of nitro groups is 1. The molecule has 4 nitrogen and oxygen atoms in total. The van der Waals surface area contributed by atoms with E-state index in [9.17, 15) is 14.5 Å². The summed E-state index contributed by atoms with van der Waals surface area (Å²) >= 11 is 0. The highest BCUT2D eigenvalue weighted by molar-refractivity contribution is 5.40. The summed E-state index contributed by atoms with van der Waals surface area (Å²) < 4.78 is 13.0. The number of benzene rings is 1. The standard InChI is InChI=1S/C12H15FN2O2/c1-2-3-4-7-14-9-10-8-11(13)5-6-12(10)15(16)17/h2-3,5-6,8,14H,4,7,9H2,1H3/b3-2+. The highest BCUT2D eigenvalue weighted by Gasteiger charge is 2.13. The molecule has 1 N–H and O–H groups in total. The van der Waals surface area contributed by atoms with Gasteiger partial charge in [0.1, 0.15) is 5.82 Å². The zero-order valence-corrected chi connectivity index (χ0v) is 9.65. The molecule has 0 radical (unpaired) electrons. The minimum Gasteiger partial charge on any atom is -0.312 e. The molecular formula is C12H15FN2O2. The topological polar surface area (TPSA) is 55.2 Å². The van der Waals surface area contributed by atoms with Crippen LogP contribution in [-0.4, -0.2) is 11.5 Å². The first-order valence-corrected chi connectivity index (χ1v) is 5.40. The highest BCUT2D eigenvalue weighted by atomic mass is 19.1. The van der Waals surface area contributed by atoms with Crippen molar-refractivity contribution in [3.63, 3.8) is 0 Å². The predicted molar refractivity (Wildman–Crippen MR) is 64.2 cm³/mol. The van der Waals surface area contributed by atoms with Gasteiger partial charge in [-0.2, -0.15) is 0 Å². The lowest BCUT2D eigenvalue weighted by molar-refractivity contribution is -0.385. The third-order valence-corrected chi connectivity index (χ3v) is 2.28. The van der Waals surface area contributed by atoms with Crippen LogP contribution in [0.2, 0.25) is 0 Å². The summed E-state index contributed by atoms with van der Waals surface area (Å²) in [7, 11) is 0. The van der Waals surface area contributed by atoms with Gasteiger partial charge < -0.3 is 5.32 Å². The average Bonchev–Trinajstić information content (AvgIpc) is 2.28. The Morgan fingerprint density at radius 3 is 2.94 bits per heavy atom. The molecule has 0 fully saturated rings. The zero-order valence-electron chi connectivity index (χ0n) is 9.65. The maximum atomic E-state index is 13.0. The van der Waals surface area contributed by atoms with Gasteiger partial charge in [-0.05, 0) is 32.0 Å². The molecule has 0 aromatic heterocycles. The molecule has 5 heteroatoms. The molecule has 1 aromatic carbocycles. The Kier molecular flexibility index (Phi) is 5.29. The molecule has 92 valence electrons. The summed E-state index contributed by atoms with van der Waals surface area (Å²) in [5.41, 5.74) is 0.320. The molecule has 0 saturated carbocycles. The monoisotopic (exact) mass is 238 g/mol. The summed E-state index contributed by atoms with van der Waals surface area (Å²) in [6.45, 7) is 2.93.